The van der Waals surface area contributed by atoms with Crippen molar-refractivity contribution in [2.75, 3.05) is 5.73 Å². The Balaban J connectivity index is 2.39. The Hall–Kier alpha value is -2.44. The minimum absolute atomic E-state index is 0.0701. The summed E-state index contributed by atoms with van der Waals surface area (Å²) < 4.78 is 1.43. The number of nitrogens with two attached hydrogens (primary N) is 1. The lowest BCUT2D eigenvalue weighted by Gasteiger charge is -2.05. The topological polar surface area (TPSA) is 99.9 Å². The van der Waals surface area contributed by atoms with E-state index in [-0.39, 0.29) is 11.5 Å². The van der Waals surface area contributed by atoms with Crippen molar-refractivity contribution in [3.63, 3.8) is 0 Å². The van der Waals surface area contributed by atoms with E-state index in [0.717, 1.165) is 11.1 Å². The number of anilines is 1. The lowest BCUT2D eigenvalue weighted by atomic mass is 10.2. The molecule has 0 saturated carbocycles. The van der Waals surface area contributed by atoms with E-state index in [1.165, 1.54) is 4.68 Å². The second-order valence-electron chi connectivity index (χ2n) is 4.04. The van der Waals surface area contributed by atoms with Gasteiger partial charge in [0.15, 0.2) is 0 Å². The Labute approximate surface area is 103 Å². The van der Waals surface area contributed by atoms with E-state index in [4.69, 9.17) is 5.73 Å². The normalized spacial score (nSPS) is 10.6. The standard InChI is InChI=1S/C11H13N5O2/c1-7-3-4-13-5-9(7)6-15-11(12)10(16(17)18)8(2)14-15/h3-5H,6,12H2,1-2H3. The highest BCUT2D eigenvalue weighted by Crippen LogP contribution is 2.25. The van der Waals surface area contributed by atoms with Crippen LogP contribution in [0.5, 0.6) is 0 Å². The van der Waals surface area contributed by atoms with Gasteiger partial charge >= 0.3 is 5.69 Å². The molecule has 0 atom stereocenters. The summed E-state index contributed by atoms with van der Waals surface area (Å²) >= 11 is 0. The molecular formula is C11H13N5O2. The van der Waals surface area contributed by atoms with Gasteiger partial charge in [-0.2, -0.15) is 5.10 Å². The summed E-state index contributed by atoms with van der Waals surface area (Å²) in [6.07, 6.45) is 3.40. The Bertz CT molecular complexity index is 605. The van der Waals surface area contributed by atoms with E-state index in [0.29, 0.717) is 12.2 Å². The average Bonchev–Trinajstić information content (AvgIpc) is 2.57. The van der Waals surface area contributed by atoms with Gasteiger partial charge in [-0.3, -0.25) is 15.1 Å². The van der Waals surface area contributed by atoms with Gasteiger partial charge in [-0.1, -0.05) is 0 Å². The van der Waals surface area contributed by atoms with Crippen molar-refractivity contribution in [1.82, 2.24) is 14.8 Å². The molecule has 0 aliphatic rings. The van der Waals surface area contributed by atoms with Crippen LogP contribution in [0.2, 0.25) is 0 Å². The summed E-state index contributed by atoms with van der Waals surface area (Å²) in [4.78, 5) is 14.3. The maximum absolute atomic E-state index is 10.8. The Kier molecular flexibility index (Phi) is 2.97. The SMILES string of the molecule is Cc1ccncc1Cn1nc(C)c([N+](=O)[O-])c1N. The molecule has 2 rings (SSSR count). The van der Waals surface area contributed by atoms with Crippen LogP contribution in [-0.4, -0.2) is 19.7 Å². The molecule has 0 radical (unpaired) electrons. The number of nitro groups is 1. The van der Waals surface area contributed by atoms with Crippen LogP contribution >= 0.6 is 0 Å². The number of aryl methyl sites for hydroxylation is 2. The van der Waals surface area contributed by atoms with Crippen molar-refractivity contribution in [3.8, 4) is 0 Å². The summed E-state index contributed by atoms with van der Waals surface area (Å²) in [7, 11) is 0. The van der Waals surface area contributed by atoms with Crippen molar-refractivity contribution in [1.29, 1.82) is 0 Å². The molecule has 2 aromatic rings. The van der Waals surface area contributed by atoms with Crippen molar-refractivity contribution >= 4 is 11.5 Å². The second kappa shape index (κ2) is 4.44. The zero-order valence-electron chi connectivity index (χ0n) is 10.1. The third-order valence-electron chi connectivity index (χ3n) is 2.78. The first-order valence-corrected chi connectivity index (χ1v) is 5.37. The number of nitrogen functional groups attached to an aromatic ring is 1. The summed E-state index contributed by atoms with van der Waals surface area (Å²) in [5.74, 6) is 0.0701. The van der Waals surface area contributed by atoms with Crippen LogP contribution < -0.4 is 5.73 Å². The minimum Gasteiger partial charge on any atom is -0.378 e. The fourth-order valence-electron chi connectivity index (χ4n) is 1.76. The zero-order valence-corrected chi connectivity index (χ0v) is 10.1. The number of pyridine rings is 1. The molecule has 0 aliphatic carbocycles. The van der Waals surface area contributed by atoms with Crippen LogP contribution in [0.3, 0.4) is 0 Å². The number of hydrogen-bond donors (Lipinski definition) is 1. The van der Waals surface area contributed by atoms with Gasteiger partial charge in [0.1, 0.15) is 5.69 Å². The predicted molar refractivity (Wildman–Crippen MR) is 66.1 cm³/mol. The molecule has 94 valence electrons. The molecule has 2 N–H and O–H groups in total. The molecule has 18 heavy (non-hydrogen) atoms. The molecule has 0 saturated heterocycles. The maximum atomic E-state index is 10.8. The number of nitrogens with zero attached hydrogens (tertiary/aromatic N) is 4. The quantitative estimate of drug-likeness (QED) is 0.653. The lowest BCUT2D eigenvalue weighted by molar-refractivity contribution is -0.384. The number of rotatable bonds is 3. The van der Waals surface area contributed by atoms with Gasteiger partial charge in [0.2, 0.25) is 5.82 Å². The summed E-state index contributed by atoms with van der Waals surface area (Å²) in [6, 6.07) is 1.87. The highest BCUT2D eigenvalue weighted by atomic mass is 16.6. The molecule has 0 aliphatic heterocycles. The molecule has 0 spiro atoms. The predicted octanol–water partition coefficient (Wildman–Crippen LogP) is 1.43. The average molecular weight is 247 g/mol. The number of hydrogen-bond acceptors (Lipinski definition) is 5. The van der Waals surface area contributed by atoms with Crippen molar-refractivity contribution in [2.24, 2.45) is 0 Å². The fourth-order valence-corrected chi connectivity index (χ4v) is 1.76. The molecule has 0 aromatic carbocycles. The van der Waals surface area contributed by atoms with Gasteiger partial charge in [0, 0.05) is 12.4 Å². The fraction of sp³-hybridized carbons (Fsp3) is 0.273. The Morgan fingerprint density at radius 2 is 2.22 bits per heavy atom. The van der Waals surface area contributed by atoms with Crippen LogP contribution in [0.1, 0.15) is 16.8 Å². The van der Waals surface area contributed by atoms with E-state index < -0.39 is 4.92 Å². The van der Waals surface area contributed by atoms with E-state index >= 15 is 0 Å². The van der Waals surface area contributed by atoms with E-state index in [2.05, 4.69) is 10.1 Å². The van der Waals surface area contributed by atoms with Gasteiger partial charge in [0.25, 0.3) is 0 Å². The van der Waals surface area contributed by atoms with Crippen LogP contribution in [0.15, 0.2) is 18.5 Å². The summed E-state index contributed by atoms with van der Waals surface area (Å²) in [6.45, 7) is 3.89. The smallest absolute Gasteiger partial charge is 0.333 e. The molecule has 0 amide bonds. The van der Waals surface area contributed by atoms with Gasteiger partial charge in [-0.05, 0) is 31.0 Å². The van der Waals surface area contributed by atoms with Gasteiger partial charge in [-0.25, -0.2) is 4.68 Å². The van der Waals surface area contributed by atoms with Crippen molar-refractivity contribution in [2.45, 2.75) is 20.4 Å². The van der Waals surface area contributed by atoms with E-state index in [1.807, 2.05) is 13.0 Å². The van der Waals surface area contributed by atoms with Crippen LogP contribution in [0.25, 0.3) is 0 Å². The first-order chi connectivity index (χ1) is 8.50. The van der Waals surface area contributed by atoms with Gasteiger partial charge in [-0.15, -0.1) is 0 Å². The van der Waals surface area contributed by atoms with Crippen molar-refractivity contribution < 1.29 is 4.92 Å². The van der Waals surface area contributed by atoms with E-state index in [1.54, 1.807) is 19.3 Å². The molecule has 0 fully saturated rings. The summed E-state index contributed by atoms with van der Waals surface area (Å²) in [5.41, 5.74) is 7.91. The van der Waals surface area contributed by atoms with E-state index in [9.17, 15) is 10.1 Å². The zero-order chi connectivity index (χ0) is 13.3. The highest BCUT2D eigenvalue weighted by molar-refractivity contribution is 5.56. The molecule has 7 nitrogen and oxygen atoms in total. The third kappa shape index (κ3) is 2.02. The summed E-state index contributed by atoms with van der Waals surface area (Å²) in [5, 5.41) is 14.9. The van der Waals surface area contributed by atoms with Gasteiger partial charge < -0.3 is 5.73 Å². The molecule has 2 aromatic heterocycles. The minimum atomic E-state index is -0.510. The molecule has 2 heterocycles. The van der Waals surface area contributed by atoms with Gasteiger partial charge in [0.05, 0.1) is 11.5 Å². The van der Waals surface area contributed by atoms with Crippen molar-refractivity contribution in [3.05, 3.63) is 45.4 Å². The highest BCUT2D eigenvalue weighted by Gasteiger charge is 2.22. The monoisotopic (exact) mass is 247 g/mol. The lowest BCUT2D eigenvalue weighted by Crippen LogP contribution is -2.08. The largest absolute Gasteiger partial charge is 0.378 e. The van der Waals surface area contributed by atoms with Crippen LogP contribution in [0.4, 0.5) is 11.5 Å². The first kappa shape index (κ1) is 12.0. The first-order valence-electron chi connectivity index (χ1n) is 5.37. The third-order valence-corrected chi connectivity index (χ3v) is 2.78. The second-order valence-corrected chi connectivity index (χ2v) is 4.04. The molecule has 0 bridgehead atoms. The van der Waals surface area contributed by atoms with Crippen LogP contribution in [0, 0.1) is 24.0 Å². The Morgan fingerprint density at radius 1 is 1.50 bits per heavy atom. The Morgan fingerprint density at radius 3 is 2.78 bits per heavy atom. The van der Waals surface area contributed by atoms with Crippen LogP contribution in [-0.2, 0) is 6.54 Å². The maximum Gasteiger partial charge on any atom is 0.333 e. The number of aromatic nitrogens is 3. The molecule has 0 unspecified atom stereocenters. The molecular weight excluding hydrogens is 234 g/mol. The molecule has 7 heteroatoms.